The maximum Gasteiger partial charge on any atom is 0.180 e. The number of benzene rings is 3. The van der Waals surface area contributed by atoms with Crippen molar-refractivity contribution in [3.63, 3.8) is 0 Å². The first-order chi connectivity index (χ1) is 13.1. The lowest BCUT2D eigenvalue weighted by atomic mass is 10.4. The topological polar surface area (TPSA) is 18.8 Å². The first-order valence-corrected chi connectivity index (χ1v) is 13.9. The van der Waals surface area contributed by atoms with Crippen LogP contribution in [0.4, 0.5) is 0 Å². The van der Waals surface area contributed by atoms with E-state index in [4.69, 9.17) is 39.3 Å². The Morgan fingerprint density at radius 2 is 1.15 bits per heavy atom. The molecule has 138 valence electrons. The van der Waals surface area contributed by atoms with Gasteiger partial charge in [0, 0.05) is 15.9 Å². The summed E-state index contributed by atoms with van der Waals surface area (Å²) in [4.78, 5) is 0. The van der Waals surface area contributed by atoms with E-state index in [1.165, 1.54) is 0 Å². The monoisotopic (exact) mass is 471 g/mol. The van der Waals surface area contributed by atoms with Gasteiger partial charge in [-0.05, 0) is 23.6 Å². The van der Waals surface area contributed by atoms with Crippen molar-refractivity contribution in [1.82, 2.24) is 7.92 Å². The normalized spacial score (nSPS) is 22.9. The van der Waals surface area contributed by atoms with E-state index in [1.54, 1.807) is 7.92 Å². The maximum atomic E-state index is 6.88. The molecule has 1 aliphatic rings. The first kappa shape index (κ1) is 19.8. The molecule has 0 saturated heterocycles. The van der Waals surface area contributed by atoms with Gasteiger partial charge in [-0.3, -0.25) is 0 Å². The zero-order valence-electron chi connectivity index (χ0n) is 14.0. The minimum atomic E-state index is -2.48. The zero-order valence-corrected chi connectivity index (χ0v) is 18.9. The molecular formula is C18H15Cl3N3P3. The Morgan fingerprint density at radius 1 is 0.704 bits per heavy atom. The third-order valence-corrected chi connectivity index (χ3v) is 16.2. The molecule has 0 N–H and O–H groups in total. The van der Waals surface area contributed by atoms with Gasteiger partial charge in [0.1, 0.15) is 15.4 Å². The van der Waals surface area contributed by atoms with E-state index in [0.717, 1.165) is 15.9 Å². The van der Waals surface area contributed by atoms with Crippen molar-refractivity contribution >= 4 is 73.7 Å². The highest BCUT2D eigenvalue weighted by Gasteiger charge is 2.46. The summed E-state index contributed by atoms with van der Waals surface area (Å²) in [5.41, 5.74) is 0. The van der Waals surface area contributed by atoms with Crippen LogP contribution in [0.3, 0.4) is 0 Å². The number of hydrogen-bond donors (Lipinski definition) is 0. The van der Waals surface area contributed by atoms with Crippen LogP contribution in [-0.2, 0) is 0 Å². The largest absolute Gasteiger partial charge is 0.231 e. The Kier molecular flexibility index (Phi) is 6.25. The Balaban J connectivity index is 2.03. The van der Waals surface area contributed by atoms with Crippen LogP contribution in [-0.4, -0.2) is 7.92 Å². The molecule has 0 aliphatic carbocycles. The third kappa shape index (κ3) is 3.62. The van der Waals surface area contributed by atoms with Crippen molar-refractivity contribution in [3.05, 3.63) is 91.0 Å². The van der Waals surface area contributed by atoms with E-state index < -0.39 is 23.0 Å². The molecule has 27 heavy (non-hydrogen) atoms. The van der Waals surface area contributed by atoms with Crippen molar-refractivity contribution < 1.29 is 0 Å². The van der Waals surface area contributed by atoms with Crippen LogP contribution in [0.5, 0.6) is 0 Å². The Bertz CT molecular complexity index is 917. The lowest BCUT2D eigenvalue weighted by Gasteiger charge is -2.43. The average molecular weight is 473 g/mol. The molecule has 3 aromatic rings. The second kappa shape index (κ2) is 8.50. The molecule has 1 heterocycles. The number of nitrogens with zero attached hydrogens (tertiary/aromatic N) is 3. The average Bonchev–Trinajstić information content (AvgIpc) is 2.74. The minimum absolute atomic E-state index is 1.05. The molecule has 4 rings (SSSR count). The van der Waals surface area contributed by atoms with Crippen LogP contribution in [0.15, 0.2) is 95.5 Å². The van der Waals surface area contributed by atoms with Crippen molar-refractivity contribution in [2.24, 2.45) is 4.52 Å². The third-order valence-electron chi connectivity index (χ3n) is 4.10. The van der Waals surface area contributed by atoms with Crippen molar-refractivity contribution in [2.45, 2.75) is 0 Å². The molecular weight excluding hydrogens is 458 g/mol. The van der Waals surface area contributed by atoms with Gasteiger partial charge < -0.3 is 0 Å². The number of rotatable bonds is 3. The van der Waals surface area contributed by atoms with E-state index in [-0.39, 0.29) is 0 Å². The van der Waals surface area contributed by atoms with Gasteiger partial charge >= 0.3 is 0 Å². The summed E-state index contributed by atoms with van der Waals surface area (Å²) >= 11 is 20.3. The summed E-state index contributed by atoms with van der Waals surface area (Å²) in [5.74, 6) is 0. The number of hydrogen-bond acceptors (Lipinski definition) is 3. The summed E-state index contributed by atoms with van der Waals surface area (Å²) in [6, 6.07) is 30.4. The lowest BCUT2D eigenvalue weighted by molar-refractivity contribution is 1.04. The van der Waals surface area contributed by atoms with Crippen LogP contribution in [0.1, 0.15) is 0 Å². The molecule has 0 amide bonds. The first-order valence-electron chi connectivity index (χ1n) is 8.11. The molecule has 3 aromatic carbocycles. The predicted molar refractivity (Wildman–Crippen MR) is 123 cm³/mol. The molecule has 0 spiro atoms. The standard InChI is InChI=1S/C18H15Cl3N3P3/c19-23-25(16-10-4-1-5-11-16)22-27(24(20)26(23)21,17-12-6-2-7-13-17)18-14-8-3-9-15-18/h1-15H. The van der Waals surface area contributed by atoms with Crippen molar-refractivity contribution in [1.29, 1.82) is 0 Å². The molecule has 9 heteroatoms. The van der Waals surface area contributed by atoms with Gasteiger partial charge in [0.2, 0.25) is 0 Å². The van der Waals surface area contributed by atoms with Gasteiger partial charge in [0.25, 0.3) is 0 Å². The summed E-state index contributed by atoms with van der Waals surface area (Å²) in [6.45, 7) is 0. The van der Waals surface area contributed by atoms with Crippen molar-refractivity contribution in [3.8, 4) is 0 Å². The fourth-order valence-electron chi connectivity index (χ4n) is 2.85. The lowest BCUT2D eigenvalue weighted by Crippen LogP contribution is -2.28. The summed E-state index contributed by atoms with van der Waals surface area (Å²) in [7, 11) is -5.12. The van der Waals surface area contributed by atoms with E-state index in [2.05, 4.69) is 24.3 Å². The Morgan fingerprint density at radius 3 is 1.63 bits per heavy atom. The molecule has 3 nitrogen and oxygen atoms in total. The summed E-state index contributed by atoms with van der Waals surface area (Å²) < 4.78 is 8.60. The quantitative estimate of drug-likeness (QED) is 0.309. The van der Waals surface area contributed by atoms with E-state index in [0.29, 0.717) is 0 Å². The maximum absolute atomic E-state index is 6.88. The second-order valence-electron chi connectivity index (χ2n) is 5.71. The summed E-state index contributed by atoms with van der Waals surface area (Å²) in [5, 5.41) is 3.18. The molecule has 0 saturated carbocycles. The highest BCUT2D eigenvalue weighted by molar-refractivity contribution is 8.01. The Hall–Kier alpha value is -0.460. The smallest absolute Gasteiger partial charge is 0.180 e. The van der Waals surface area contributed by atoms with Gasteiger partial charge in [-0.25, -0.2) is 4.52 Å². The van der Waals surface area contributed by atoms with Gasteiger partial charge in [-0.1, -0.05) is 102 Å². The minimum Gasteiger partial charge on any atom is -0.231 e. The van der Waals surface area contributed by atoms with Crippen LogP contribution in [0, 0.1) is 0 Å². The van der Waals surface area contributed by atoms with Crippen LogP contribution in [0.25, 0.3) is 0 Å². The SMILES string of the molecule is ClN1P(c2ccccc2)N=P(c2ccccc2)(c2ccccc2)N(Cl)P1Cl. The van der Waals surface area contributed by atoms with Gasteiger partial charge in [0.05, 0.1) is 0 Å². The molecule has 0 bridgehead atoms. The highest BCUT2D eigenvalue weighted by atomic mass is 35.7. The molecule has 2 atom stereocenters. The van der Waals surface area contributed by atoms with E-state index in [1.807, 2.05) is 66.7 Å². The van der Waals surface area contributed by atoms with Crippen LogP contribution in [0.2, 0.25) is 0 Å². The van der Waals surface area contributed by atoms with E-state index >= 15 is 0 Å². The molecule has 1 aliphatic heterocycles. The number of halogens is 3. The fraction of sp³-hybridized carbons (Fsp3) is 0. The second-order valence-corrected chi connectivity index (χ2v) is 15.0. The van der Waals surface area contributed by atoms with Crippen LogP contribution >= 0.6 is 57.8 Å². The van der Waals surface area contributed by atoms with Crippen LogP contribution < -0.4 is 15.9 Å². The van der Waals surface area contributed by atoms with E-state index in [9.17, 15) is 0 Å². The molecule has 0 aromatic heterocycles. The fourth-order valence-corrected chi connectivity index (χ4v) is 15.4. The molecule has 0 radical (unpaired) electrons. The van der Waals surface area contributed by atoms with Gasteiger partial charge in [0.15, 0.2) is 7.58 Å². The summed E-state index contributed by atoms with van der Waals surface area (Å²) in [6.07, 6.45) is 0. The van der Waals surface area contributed by atoms with Gasteiger partial charge in [-0.15, -0.1) is 7.92 Å². The Labute approximate surface area is 176 Å². The molecule has 2 unspecified atom stereocenters. The predicted octanol–water partition coefficient (Wildman–Crippen LogP) is 6.78. The molecule has 0 fully saturated rings. The van der Waals surface area contributed by atoms with Crippen molar-refractivity contribution in [2.75, 3.05) is 0 Å². The highest BCUT2D eigenvalue weighted by Crippen LogP contribution is 2.79. The van der Waals surface area contributed by atoms with Gasteiger partial charge in [-0.2, -0.15) is 0 Å². The zero-order chi connectivity index (χ0) is 18.9.